The number of hydrogen-bond acceptors (Lipinski definition) is 4. The normalized spacial score (nSPS) is 10.2. The number of ether oxygens (including phenoxy) is 1. The average molecular weight is 444 g/mol. The summed E-state index contributed by atoms with van der Waals surface area (Å²) in [5.41, 5.74) is 4.28. The molecule has 3 aromatic rings. The van der Waals surface area contributed by atoms with E-state index >= 15 is 0 Å². The van der Waals surface area contributed by atoms with Crippen LogP contribution in [0.4, 0.5) is 17.1 Å². The van der Waals surface area contributed by atoms with Crippen molar-refractivity contribution in [3.63, 3.8) is 0 Å². The van der Waals surface area contributed by atoms with Gasteiger partial charge in [-0.2, -0.15) is 0 Å². The lowest BCUT2D eigenvalue weighted by atomic mass is 10.1. The third-order valence-electron chi connectivity index (χ3n) is 4.73. The smallest absolute Gasteiger partial charge is 0.243 e. The van der Waals surface area contributed by atoms with Crippen molar-refractivity contribution in [3.05, 3.63) is 96.6 Å². The second-order valence-corrected chi connectivity index (χ2v) is 7.78. The first-order valence-corrected chi connectivity index (χ1v) is 10.8. The number of carbonyl (C=O) groups excluding carboxylic acids is 2. The van der Waals surface area contributed by atoms with Crippen molar-refractivity contribution in [2.24, 2.45) is 0 Å². The van der Waals surface area contributed by atoms with Crippen molar-refractivity contribution < 1.29 is 14.3 Å². The number of nitrogens with one attached hydrogen (secondary N) is 3. The van der Waals surface area contributed by atoms with E-state index < -0.39 is 0 Å². The van der Waals surface area contributed by atoms with E-state index in [1.54, 1.807) is 24.3 Å². The Bertz CT molecular complexity index is 1060. The van der Waals surface area contributed by atoms with E-state index in [4.69, 9.17) is 4.74 Å². The van der Waals surface area contributed by atoms with E-state index in [1.807, 2.05) is 61.5 Å². The van der Waals surface area contributed by atoms with Crippen LogP contribution < -0.4 is 20.7 Å². The van der Waals surface area contributed by atoms with Gasteiger partial charge >= 0.3 is 0 Å². The fraction of sp³-hybridized carbons (Fsp3) is 0.185. The molecular formula is C27H29N3O3. The fourth-order valence-electron chi connectivity index (χ4n) is 3.03. The predicted octanol–water partition coefficient (Wildman–Crippen LogP) is 5.26. The Hall–Kier alpha value is -4.06. The fourth-order valence-corrected chi connectivity index (χ4v) is 3.03. The summed E-state index contributed by atoms with van der Waals surface area (Å²) in [6.07, 6.45) is 1.12. The molecule has 0 aliphatic heterocycles. The summed E-state index contributed by atoms with van der Waals surface area (Å²) in [6.45, 7) is 6.29. The Kier molecular flexibility index (Phi) is 8.65. The summed E-state index contributed by atoms with van der Waals surface area (Å²) in [5, 5.41) is 8.81. The Balaban J connectivity index is 1.39. The minimum Gasteiger partial charge on any atom is -0.489 e. The van der Waals surface area contributed by atoms with Crippen LogP contribution in [0.25, 0.3) is 0 Å². The van der Waals surface area contributed by atoms with Crippen molar-refractivity contribution in [1.82, 2.24) is 0 Å². The summed E-state index contributed by atoms with van der Waals surface area (Å²) < 4.78 is 5.55. The SMILES string of the molecule is C=C(C)COc1ccc(NC(=O)CNc2ccc(NC(=O)CCc3ccccc3)cc2)cc1. The van der Waals surface area contributed by atoms with E-state index in [0.29, 0.717) is 25.1 Å². The van der Waals surface area contributed by atoms with Gasteiger partial charge in [-0.3, -0.25) is 9.59 Å². The van der Waals surface area contributed by atoms with Crippen LogP contribution in [-0.4, -0.2) is 25.0 Å². The molecule has 33 heavy (non-hydrogen) atoms. The highest BCUT2D eigenvalue weighted by molar-refractivity contribution is 5.94. The third kappa shape index (κ3) is 8.53. The highest BCUT2D eigenvalue weighted by Crippen LogP contribution is 2.17. The Morgan fingerprint density at radius 2 is 1.36 bits per heavy atom. The minimum atomic E-state index is -0.163. The lowest BCUT2D eigenvalue weighted by Gasteiger charge is -2.10. The van der Waals surface area contributed by atoms with E-state index in [1.165, 1.54) is 0 Å². The monoisotopic (exact) mass is 443 g/mol. The van der Waals surface area contributed by atoms with Gasteiger partial charge in [-0.25, -0.2) is 0 Å². The first-order valence-electron chi connectivity index (χ1n) is 10.8. The molecule has 0 radical (unpaired) electrons. The summed E-state index contributed by atoms with van der Waals surface area (Å²) in [6, 6.07) is 24.4. The van der Waals surface area contributed by atoms with Crippen LogP contribution >= 0.6 is 0 Å². The number of aryl methyl sites for hydroxylation is 1. The summed E-state index contributed by atoms with van der Waals surface area (Å²) in [7, 11) is 0. The highest BCUT2D eigenvalue weighted by atomic mass is 16.5. The van der Waals surface area contributed by atoms with Crippen LogP contribution in [-0.2, 0) is 16.0 Å². The zero-order valence-corrected chi connectivity index (χ0v) is 18.8. The van der Waals surface area contributed by atoms with Gasteiger partial charge < -0.3 is 20.7 Å². The Morgan fingerprint density at radius 1 is 0.788 bits per heavy atom. The maximum Gasteiger partial charge on any atom is 0.243 e. The van der Waals surface area contributed by atoms with Crippen molar-refractivity contribution in [3.8, 4) is 5.75 Å². The molecule has 0 atom stereocenters. The molecule has 0 spiro atoms. The highest BCUT2D eigenvalue weighted by Gasteiger charge is 2.05. The maximum absolute atomic E-state index is 12.2. The zero-order chi connectivity index (χ0) is 23.5. The molecule has 0 aliphatic rings. The molecule has 170 valence electrons. The number of anilines is 3. The molecule has 3 rings (SSSR count). The van der Waals surface area contributed by atoms with E-state index in [9.17, 15) is 9.59 Å². The van der Waals surface area contributed by atoms with Crippen molar-refractivity contribution in [1.29, 1.82) is 0 Å². The van der Waals surface area contributed by atoms with Gasteiger partial charge in [0.15, 0.2) is 0 Å². The first kappa shape index (κ1) is 23.6. The molecule has 2 amide bonds. The van der Waals surface area contributed by atoms with Gasteiger partial charge in [0.25, 0.3) is 0 Å². The number of carbonyl (C=O) groups is 2. The number of benzene rings is 3. The maximum atomic E-state index is 12.2. The molecule has 0 aliphatic carbocycles. The average Bonchev–Trinajstić information content (AvgIpc) is 2.82. The van der Waals surface area contributed by atoms with Gasteiger partial charge in [0, 0.05) is 23.5 Å². The molecule has 6 nitrogen and oxygen atoms in total. The quantitative estimate of drug-likeness (QED) is 0.353. The number of hydrogen-bond donors (Lipinski definition) is 3. The van der Waals surface area contributed by atoms with E-state index in [0.717, 1.165) is 28.3 Å². The van der Waals surface area contributed by atoms with Gasteiger partial charge in [-0.05, 0) is 73.0 Å². The van der Waals surface area contributed by atoms with Crippen molar-refractivity contribution in [2.45, 2.75) is 19.8 Å². The molecule has 3 aromatic carbocycles. The van der Waals surface area contributed by atoms with E-state index in [-0.39, 0.29) is 18.4 Å². The van der Waals surface area contributed by atoms with Crippen LogP contribution in [0.5, 0.6) is 5.75 Å². The van der Waals surface area contributed by atoms with Gasteiger partial charge in [0.05, 0.1) is 6.54 Å². The molecule has 0 bridgehead atoms. The second-order valence-electron chi connectivity index (χ2n) is 7.78. The third-order valence-corrected chi connectivity index (χ3v) is 4.73. The van der Waals surface area contributed by atoms with Gasteiger partial charge in [0.1, 0.15) is 12.4 Å². The molecule has 0 unspecified atom stereocenters. The van der Waals surface area contributed by atoms with E-state index in [2.05, 4.69) is 22.5 Å². The molecule has 0 saturated heterocycles. The van der Waals surface area contributed by atoms with Crippen LogP contribution in [0, 0.1) is 0 Å². The van der Waals surface area contributed by atoms with Gasteiger partial charge in [0.2, 0.25) is 11.8 Å². The molecule has 6 heteroatoms. The molecule has 0 saturated carbocycles. The lowest BCUT2D eigenvalue weighted by Crippen LogP contribution is -2.21. The number of amides is 2. The molecule has 3 N–H and O–H groups in total. The summed E-state index contributed by atoms with van der Waals surface area (Å²) >= 11 is 0. The van der Waals surface area contributed by atoms with Crippen LogP contribution in [0.1, 0.15) is 18.9 Å². The molecule has 0 aromatic heterocycles. The Labute approximate surface area is 194 Å². The van der Waals surface area contributed by atoms with Gasteiger partial charge in [-0.15, -0.1) is 0 Å². The van der Waals surface area contributed by atoms with Crippen LogP contribution in [0.15, 0.2) is 91.0 Å². The molecular weight excluding hydrogens is 414 g/mol. The van der Waals surface area contributed by atoms with Crippen molar-refractivity contribution in [2.75, 3.05) is 29.1 Å². The van der Waals surface area contributed by atoms with Gasteiger partial charge in [-0.1, -0.05) is 36.9 Å². The van der Waals surface area contributed by atoms with Crippen LogP contribution in [0.3, 0.4) is 0 Å². The topological polar surface area (TPSA) is 79.5 Å². The zero-order valence-electron chi connectivity index (χ0n) is 18.8. The minimum absolute atomic E-state index is 0.0324. The predicted molar refractivity (Wildman–Crippen MR) is 134 cm³/mol. The second kappa shape index (κ2) is 12.1. The summed E-state index contributed by atoms with van der Waals surface area (Å²) in [5.74, 6) is 0.528. The van der Waals surface area contributed by atoms with Crippen molar-refractivity contribution >= 4 is 28.9 Å². The molecule has 0 fully saturated rings. The number of rotatable bonds is 11. The lowest BCUT2D eigenvalue weighted by molar-refractivity contribution is -0.116. The van der Waals surface area contributed by atoms with Crippen LogP contribution in [0.2, 0.25) is 0 Å². The Morgan fingerprint density at radius 3 is 2.00 bits per heavy atom. The molecule has 0 heterocycles. The first-order chi connectivity index (χ1) is 16.0. The summed E-state index contributed by atoms with van der Waals surface area (Å²) in [4.78, 5) is 24.4. The standard InChI is InChI=1S/C27H29N3O3/c1-20(2)19-33-25-15-13-24(14-16-25)30-27(32)18-28-22-9-11-23(12-10-22)29-26(31)17-8-21-6-4-3-5-7-21/h3-7,9-16,28H,1,8,17-19H2,2H3,(H,29,31)(H,30,32). The largest absolute Gasteiger partial charge is 0.489 e.